The summed E-state index contributed by atoms with van der Waals surface area (Å²) in [6, 6.07) is 12.1. The standard InChI is InChI=1S/C19H11F3O2/c1-10-2-5-13-11(8-10)3-6-16-17(13)18(23)14-9-12(19(20,21)22)4-7-15(14)24-16/h2-9H,1H3. The van der Waals surface area contributed by atoms with E-state index in [0.717, 1.165) is 23.1 Å². The summed E-state index contributed by atoms with van der Waals surface area (Å²) in [5.41, 5.74) is 0.228. The summed E-state index contributed by atoms with van der Waals surface area (Å²) >= 11 is 0. The van der Waals surface area contributed by atoms with Gasteiger partial charge in [-0.2, -0.15) is 13.2 Å². The van der Waals surface area contributed by atoms with Crippen molar-refractivity contribution in [1.82, 2.24) is 0 Å². The molecule has 0 N–H and O–H groups in total. The van der Waals surface area contributed by atoms with E-state index in [1.807, 2.05) is 25.1 Å². The third-order valence-corrected chi connectivity index (χ3v) is 4.14. The molecule has 0 spiro atoms. The van der Waals surface area contributed by atoms with E-state index in [0.29, 0.717) is 16.4 Å². The highest BCUT2D eigenvalue weighted by Crippen LogP contribution is 2.32. The van der Waals surface area contributed by atoms with Gasteiger partial charge >= 0.3 is 6.18 Å². The van der Waals surface area contributed by atoms with Crippen molar-refractivity contribution in [2.75, 3.05) is 0 Å². The van der Waals surface area contributed by atoms with E-state index >= 15 is 0 Å². The van der Waals surface area contributed by atoms with Crippen molar-refractivity contribution in [1.29, 1.82) is 0 Å². The molecule has 0 aliphatic heterocycles. The van der Waals surface area contributed by atoms with Crippen molar-refractivity contribution in [3.8, 4) is 0 Å². The van der Waals surface area contributed by atoms with Gasteiger partial charge in [0.15, 0.2) is 0 Å². The first-order chi connectivity index (χ1) is 11.3. The highest BCUT2D eigenvalue weighted by molar-refractivity contribution is 6.08. The minimum atomic E-state index is -4.51. The fourth-order valence-electron chi connectivity index (χ4n) is 2.97. The molecule has 0 radical (unpaired) electrons. The van der Waals surface area contributed by atoms with Crippen LogP contribution in [-0.2, 0) is 6.18 Å². The number of alkyl halides is 3. The maximum Gasteiger partial charge on any atom is 0.416 e. The average molecular weight is 328 g/mol. The lowest BCUT2D eigenvalue weighted by Gasteiger charge is -2.09. The lowest BCUT2D eigenvalue weighted by molar-refractivity contribution is -0.137. The van der Waals surface area contributed by atoms with E-state index in [-0.39, 0.29) is 11.0 Å². The van der Waals surface area contributed by atoms with Crippen LogP contribution >= 0.6 is 0 Å². The fraction of sp³-hybridized carbons (Fsp3) is 0.105. The third kappa shape index (κ3) is 2.16. The SMILES string of the molecule is Cc1ccc2c(ccc3oc4ccc(C(F)(F)F)cc4c(=O)c32)c1. The van der Waals surface area contributed by atoms with Crippen LogP contribution in [0.5, 0.6) is 0 Å². The van der Waals surface area contributed by atoms with Gasteiger partial charge in [0.05, 0.1) is 16.3 Å². The van der Waals surface area contributed by atoms with Gasteiger partial charge in [0.25, 0.3) is 0 Å². The fourth-order valence-corrected chi connectivity index (χ4v) is 2.97. The van der Waals surface area contributed by atoms with Crippen molar-refractivity contribution < 1.29 is 17.6 Å². The number of aryl methyl sites for hydroxylation is 1. The maximum atomic E-state index is 12.9. The van der Waals surface area contributed by atoms with Gasteiger partial charge in [0.2, 0.25) is 5.43 Å². The molecule has 0 aliphatic rings. The minimum absolute atomic E-state index is 0.0644. The molecule has 5 heteroatoms. The molecule has 0 unspecified atom stereocenters. The molecular weight excluding hydrogens is 317 g/mol. The summed E-state index contributed by atoms with van der Waals surface area (Å²) in [4.78, 5) is 12.8. The summed E-state index contributed by atoms with van der Waals surface area (Å²) in [6.07, 6.45) is -4.51. The first kappa shape index (κ1) is 14.8. The van der Waals surface area contributed by atoms with Crippen LogP contribution in [0.25, 0.3) is 32.7 Å². The van der Waals surface area contributed by atoms with E-state index in [4.69, 9.17) is 4.42 Å². The molecule has 1 heterocycles. The number of halogens is 3. The van der Waals surface area contributed by atoms with Crippen LogP contribution in [0.3, 0.4) is 0 Å². The van der Waals surface area contributed by atoms with Gasteiger partial charge in [-0.25, -0.2) is 0 Å². The molecular formula is C19H11F3O2. The first-order valence-corrected chi connectivity index (χ1v) is 7.32. The lowest BCUT2D eigenvalue weighted by atomic mass is 10.0. The molecule has 0 saturated heterocycles. The molecule has 2 nitrogen and oxygen atoms in total. The largest absolute Gasteiger partial charge is 0.456 e. The lowest BCUT2D eigenvalue weighted by Crippen LogP contribution is -2.08. The molecule has 3 aromatic carbocycles. The zero-order chi connectivity index (χ0) is 17.1. The second-order valence-electron chi connectivity index (χ2n) is 5.80. The highest BCUT2D eigenvalue weighted by atomic mass is 19.4. The summed E-state index contributed by atoms with van der Waals surface area (Å²) in [5, 5.41) is 1.76. The number of fused-ring (bicyclic) bond motifs is 4. The maximum absolute atomic E-state index is 12.9. The van der Waals surface area contributed by atoms with Crippen molar-refractivity contribution in [3.05, 3.63) is 69.9 Å². The number of rotatable bonds is 0. The van der Waals surface area contributed by atoms with Gasteiger partial charge < -0.3 is 4.42 Å². The van der Waals surface area contributed by atoms with Gasteiger partial charge in [-0.15, -0.1) is 0 Å². The Morgan fingerprint density at radius 2 is 1.62 bits per heavy atom. The van der Waals surface area contributed by atoms with E-state index in [9.17, 15) is 18.0 Å². The van der Waals surface area contributed by atoms with E-state index in [1.165, 1.54) is 6.07 Å². The zero-order valence-corrected chi connectivity index (χ0v) is 12.6. The summed E-state index contributed by atoms with van der Waals surface area (Å²) in [7, 11) is 0. The quantitative estimate of drug-likeness (QED) is 0.318. The molecule has 24 heavy (non-hydrogen) atoms. The monoisotopic (exact) mass is 328 g/mol. The summed E-state index contributed by atoms with van der Waals surface area (Å²) in [5.74, 6) is 0. The molecule has 0 saturated carbocycles. The van der Waals surface area contributed by atoms with Crippen LogP contribution in [0.15, 0.2) is 57.7 Å². The van der Waals surface area contributed by atoms with Crippen molar-refractivity contribution in [2.45, 2.75) is 13.1 Å². The molecule has 4 rings (SSSR count). The van der Waals surface area contributed by atoms with Crippen LogP contribution in [0, 0.1) is 6.92 Å². The third-order valence-electron chi connectivity index (χ3n) is 4.14. The number of hydrogen-bond acceptors (Lipinski definition) is 2. The summed E-state index contributed by atoms with van der Waals surface area (Å²) < 4.78 is 44.4. The number of benzene rings is 3. The number of hydrogen-bond donors (Lipinski definition) is 0. The first-order valence-electron chi connectivity index (χ1n) is 7.32. The van der Waals surface area contributed by atoms with Gasteiger partial charge in [-0.3, -0.25) is 4.79 Å². The Bertz CT molecular complexity index is 1170. The van der Waals surface area contributed by atoms with Crippen LogP contribution < -0.4 is 5.43 Å². The van der Waals surface area contributed by atoms with Crippen LogP contribution in [-0.4, -0.2) is 0 Å². The summed E-state index contributed by atoms with van der Waals surface area (Å²) in [6.45, 7) is 1.93. The predicted molar refractivity (Wildman–Crippen MR) is 87.2 cm³/mol. The van der Waals surface area contributed by atoms with Crippen molar-refractivity contribution in [2.24, 2.45) is 0 Å². The Morgan fingerprint density at radius 3 is 2.38 bits per heavy atom. The Kier molecular flexibility index (Phi) is 2.97. The Labute approximate surface area is 134 Å². The van der Waals surface area contributed by atoms with Crippen molar-refractivity contribution in [3.63, 3.8) is 0 Å². The second kappa shape index (κ2) is 4.84. The van der Waals surface area contributed by atoms with E-state index in [2.05, 4.69) is 0 Å². The smallest absolute Gasteiger partial charge is 0.416 e. The molecule has 1 aromatic heterocycles. The van der Waals surface area contributed by atoms with Gasteiger partial charge in [0.1, 0.15) is 11.2 Å². The van der Waals surface area contributed by atoms with Gasteiger partial charge in [-0.05, 0) is 42.0 Å². The zero-order valence-electron chi connectivity index (χ0n) is 12.6. The van der Waals surface area contributed by atoms with Gasteiger partial charge in [-0.1, -0.05) is 29.8 Å². The van der Waals surface area contributed by atoms with Crippen LogP contribution in [0.4, 0.5) is 13.2 Å². The van der Waals surface area contributed by atoms with Crippen LogP contribution in [0.1, 0.15) is 11.1 Å². The Hall–Kier alpha value is -2.82. The predicted octanol–water partition coefficient (Wildman–Crippen LogP) is 5.43. The Morgan fingerprint density at radius 1 is 0.875 bits per heavy atom. The minimum Gasteiger partial charge on any atom is -0.456 e. The Balaban J connectivity index is 2.18. The molecule has 120 valence electrons. The molecule has 0 atom stereocenters. The van der Waals surface area contributed by atoms with Crippen molar-refractivity contribution >= 4 is 32.7 Å². The molecule has 0 aliphatic carbocycles. The normalized spacial score (nSPS) is 12.3. The van der Waals surface area contributed by atoms with E-state index in [1.54, 1.807) is 12.1 Å². The molecule has 0 fully saturated rings. The average Bonchev–Trinajstić information content (AvgIpc) is 2.53. The van der Waals surface area contributed by atoms with Gasteiger partial charge in [0, 0.05) is 0 Å². The molecule has 0 amide bonds. The molecule has 4 aromatic rings. The second-order valence-corrected chi connectivity index (χ2v) is 5.80. The van der Waals surface area contributed by atoms with Crippen LogP contribution in [0.2, 0.25) is 0 Å². The van der Waals surface area contributed by atoms with E-state index < -0.39 is 17.2 Å². The molecule has 0 bridgehead atoms. The highest BCUT2D eigenvalue weighted by Gasteiger charge is 2.31. The topological polar surface area (TPSA) is 30.2 Å².